The standard InChI is InChI=1S/C37H39F3N8O6/c1-36(2,3)54-35(52)48(34(50)51)32-29-26(19-47(23-7-8-23)31(29)41-20-42-32)24-9-10-28(30-25(24)11-16-53-30)44-33(49)43-22-6-5-21(27(17-22)37(38,39)40)18-46-14-12-45(4)13-15-46/h5-6,9-11,16-17,19-20,23H,7-8,12-15,18H2,1-4H3,(H,50,51)(H2,43,44,49). The summed E-state index contributed by atoms with van der Waals surface area (Å²) in [5.41, 5.74) is 0.217. The minimum atomic E-state index is -4.63. The fraction of sp³-hybridized carbons (Fsp3) is 0.378. The van der Waals surface area contributed by atoms with Crippen molar-refractivity contribution in [3.8, 4) is 11.1 Å². The molecule has 4 amide bonds. The lowest BCUT2D eigenvalue weighted by Crippen LogP contribution is -2.44. The molecule has 14 nitrogen and oxygen atoms in total. The number of aromatic nitrogens is 3. The first-order chi connectivity index (χ1) is 25.6. The van der Waals surface area contributed by atoms with Crippen molar-refractivity contribution in [3.05, 3.63) is 66.3 Å². The largest absolute Gasteiger partial charge is 0.464 e. The van der Waals surface area contributed by atoms with Gasteiger partial charge in [0.2, 0.25) is 0 Å². The number of rotatable bonds is 7. The average molecular weight is 749 g/mol. The van der Waals surface area contributed by atoms with Gasteiger partial charge >= 0.3 is 24.4 Å². The van der Waals surface area contributed by atoms with E-state index in [0.29, 0.717) is 40.1 Å². The Morgan fingerprint density at radius 3 is 2.41 bits per heavy atom. The fourth-order valence-corrected chi connectivity index (χ4v) is 6.62. The summed E-state index contributed by atoms with van der Waals surface area (Å²) in [5, 5.41) is 16.2. The van der Waals surface area contributed by atoms with Crippen LogP contribution in [0.2, 0.25) is 0 Å². The third-order valence-corrected chi connectivity index (χ3v) is 9.33. The summed E-state index contributed by atoms with van der Waals surface area (Å²) in [7, 11) is 1.97. The predicted molar refractivity (Wildman–Crippen MR) is 195 cm³/mol. The maximum Gasteiger partial charge on any atom is 0.425 e. The van der Waals surface area contributed by atoms with Crippen molar-refractivity contribution in [2.75, 3.05) is 48.8 Å². The molecule has 284 valence electrons. The first-order valence-electron chi connectivity index (χ1n) is 17.4. The highest BCUT2D eigenvalue weighted by atomic mass is 19.4. The van der Waals surface area contributed by atoms with Crippen molar-refractivity contribution in [2.24, 2.45) is 0 Å². The van der Waals surface area contributed by atoms with Gasteiger partial charge in [0.25, 0.3) is 0 Å². The summed E-state index contributed by atoms with van der Waals surface area (Å²) in [4.78, 5) is 52.2. The van der Waals surface area contributed by atoms with Crippen LogP contribution in [0.25, 0.3) is 33.1 Å². The summed E-state index contributed by atoms with van der Waals surface area (Å²) < 4.78 is 55.6. The van der Waals surface area contributed by atoms with E-state index in [9.17, 15) is 32.7 Å². The number of hydrogen-bond acceptors (Lipinski definition) is 9. The number of anilines is 3. The van der Waals surface area contributed by atoms with Crippen LogP contribution in [0.4, 0.5) is 44.7 Å². The maximum absolute atomic E-state index is 14.2. The summed E-state index contributed by atoms with van der Waals surface area (Å²) >= 11 is 0. The van der Waals surface area contributed by atoms with Crippen molar-refractivity contribution in [3.63, 3.8) is 0 Å². The summed E-state index contributed by atoms with van der Waals surface area (Å²) in [6.07, 6.45) is -1.19. The van der Waals surface area contributed by atoms with Gasteiger partial charge in [-0.15, -0.1) is 0 Å². The molecule has 0 radical (unpaired) electrons. The lowest BCUT2D eigenvalue weighted by atomic mass is 10.0. The lowest BCUT2D eigenvalue weighted by Gasteiger charge is -2.33. The number of amides is 4. The molecule has 1 saturated heterocycles. The second kappa shape index (κ2) is 13.9. The van der Waals surface area contributed by atoms with Crippen LogP contribution in [-0.2, 0) is 17.5 Å². The molecular weight excluding hydrogens is 709 g/mol. The smallest absolute Gasteiger partial charge is 0.425 e. The third kappa shape index (κ3) is 7.54. The molecule has 4 heterocycles. The monoisotopic (exact) mass is 748 g/mol. The van der Waals surface area contributed by atoms with E-state index < -0.39 is 35.6 Å². The van der Waals surface area contributed by atoms with E-state index in [4.69, 9.17) is 9.15 Å². The first-order valence-corrected chi connectivity index (χ1v) is 17.4. The highest BCUT2D eigenvalue weighted by Crippen LogP contribution is 2.45. The van der Waals surface area contributed by atoms with E-state index in [1.807, 2.05) is 22.7 Å². The molecule has 3 N–H and O–H groups in total. The number of benzene rings is 2. The van der Waals surface area contributed by atoms with Gasteiger partial charge in [-0.1, -0.05) is 12.1 Å². The number of furan rings is 1. The number of imide groups is 1. The number of nitrogens with one attached hydrogen (secondary N) is 2. The molecule has 17 heteroatoms. The maximum atomic E-state index is 14.2. The Balaban J connectivity index is 1.19. The van der Waals surface area contributed by atoms with Gasteiger partial charge in [0.1, 0.15) is 17.6 Å². The highest BCUT2D eigenvalue weighted by Gasteiger charge is 2.36. The Morgan fingerprint density at radius 1 is 1.00 bits per heavy atom. The minimum absolute atomic E-state index is 0.0392. The number of urea groups is 1. The van der Waals surface area contributed by atoms with E-state index in [1.54, 1.807) is 39.0 Å². The highest BCUT2D eigenvalue weighted by molar-refractivity contribution is 6.17. The molecule has 5 aromatic rings. The Kier molecular flexibility index (Phi) is 9.47. The second-order valence-corrected chi connectivity index (χ2v) is 14.5. The molecule has 1 aliphatic heterocycles. The lowest BCUT2D eigenvalue weighted by molar-refractivity contribution is -0.138. The van der Waals surface area contributed by atoms with Crippen molar-refractivity contribution in [2.45, 2.75) is 58.0 Å². The quantitative estimate of drug-likeness (QED) is 0.149. The molecule has 0 unspecified atom stereocenters. The molecule has 2 fully saturated rings. The number of alkyl halides is 3. The molecular formula is C37H39F3N8O6. The zero-order chi connectivity index (χ0) is 38.5. The van der Waals surface area contributed by atoms with Gasteiger partial charge in [-0.3, -0.25) is 4.90 Å². The molecule has 0 spiro atoms. The minimum Gasteiger partial charge on any atom is -0.464 e. The van der Waals surface area contributed by atoms with Gasteiger partial charge in [-0.2, -0.15) is 18.1 Å². The molecule has 2 aliphatic rings. The number of hydrogen-bond donors (Lipinski definition) is 3. The predicted octanol–water partition coefficient (Wildman–Crippen LogP) is 8.01. The molecule has 7 rings (SSSR count). The summed E-state index contributed by atoms with van der Waals surface area (Å²) in [5.74, 6) is -0.192. The van der Waals surface area contributed by atoms with Gasteiger partial charge in [-0.05, 0) is 76.1 Å². The SMILES string of the molecule is CN1CCN(Cc2ccc(NC(=O)Nc3ccc(-c4cn(C5CC5)c5ncnc(N(C(=O)O)C(=O)OC(C)(C)C)c45)c4ccoc34)cc2C(F)(F)F)CC1. The number of nitrogens with zero attached hydrogens (tertiary/aromatic N) is 6. The second-order valence-electron chi connectivity index (χ2n) is 14.5. The molecule has 3 aromatic heterocycles. The number of carbonyl (C=O) groups excluding carboxylic acids is 2. The Morgan fingerprint density at radius 2 is 1.74 bits per heavy atom. The number of carboxylic acid groups (broad SMARTS) is 1. The fourth-order valence-electron chi connectivity index (χ4n) is 6.62. The number of fused-ring (bicyclic) bond motifs is 2. The van der Waals surface area contributed by atoms with Gasteiger partial charge in [0.15, 0.2) is 11.4 Å². The molecule has 2 aromatic carbocycles. The zero-order valence-corrected chi connectivity index (χ0v) is 30.0. The van der Waals surface area contributed by atoms with E-state index in [2.05, 4.69) is 25.5 Å². The number of halogens is 3. The first kappa shape index (κ1) is 36.7. The summed E-state index contributed by atoms with van der Waals surface area (Å²) in [6, 6.07) is 7.98. The number of carbonyl (C=O) groups is 3. The van der Waals surface area contributed by atoms with Crippen molar-refractivity contribution in [1.82, 2.24) is 24.3 Å². The van der Waals surface area contributed by atoms with Crippen LogP contribution in [0.3, 0.4) is 0 Å². The summed E-state index contributed by atoms with van der Waals surface area (Å²) in [6.45, 7) is 7.83. The third-order valence-electron chi connectivity index (χ3n) is 9.33. The van der Waals surface area contributed by atoms with Crippen molar-refractivity contribution < 1.29 is 41.8 Å². The van der Waals surface area contributed by atoms with Crippen LogP contribution >= 0.6 is 0 Å². The van der Waals surface area contributed by atoms with Gasteiger partial charge in [0.05, 0.1) is 22.9 Å². The van der Waals surface area contributed by atoms with E-state index >= 15 is 0 Å². The van der Waals surface area contributed by atoms with Crippen LogP contribution in [0.1, 0.15) is 50.8 Å². The van der Waals surface area contributed by atoms with Crippen LogP contribution < -0.4 is 15.5 Å². The molecule has 54 heavy (non-hydrogen) atoms. The Labute approximate surface area is 307 Å². The zero-order valence-electron chi connectivity index (χ0n) is 30.0. The van der Waals surface area contributed by atoms with Gasteiger partial charge in [0, 0.05) is 61.6 Å². The van der Waals surface area contributed by atoms with Crippen molar-refractivity contribution in [1.29, 1.82) is 0 Å². The van der Waals surface area contributed by atoms with E-state index in [1.165, 1.54) is 24.7 Å². The van der Waals surface area contributed by atoms with Crippen LogP contribution in [-0.4, -0.2) is 86.5 Å². The number of piperazine rings is 1. The van der Waals surface area contributed by atoms with Crippen LogP contribution in [0, 0.1) is 0 Å². The normalized spacial score (nSPS) is 15.8. The topological polar surface area (TPSA) is 158 Å². The van der Waals surface area contributed by atoms with Crippen molar-refractivity contribution >= 4 is 57.4 Å². The molecule has 0 bridgehead atoms. The Bertz CT molecular complexity index is 2250. The average Bonchev–Trinajstić information content (AvgIpc) is 3.67. The van der Waals surface area contributed by atoms with E-state index in [0.717, 1.165) is 32.0 Å². The van der Waals surface area contributed by atoms with Crippen LogP contribution in [0.5, 0.6) is 0 Å². The van der Waals surface area contributed by atoms with Gasteiger partial charge < -0.3 is 34.4 Å². The molecule has 0 atom stereocenters. The molecule has 1 saturated carbocycles. The number of ether oxygens (including phenoxy) is 1. The van der Waals surface area contributed by atoms with Gasteiger partial charge in [-0.25, -0.2) is 24.4 Å². The van der Waals surface area contributed by atoms with Crippen LogP contribution in [0.15, 0.2) is 59.6 Å². The molecule has 1 aliphatic carbocycles. The Hall–Kier alpha value is -5.68. The number of likely N-dealkylation sites (N-methyl/N-ethyl adjacent to an activating group) is 1. The van der Waals surface area contributed by atoms with E-state index in [-0.39, 0.29) is 46.3 Å².